The molecule has 0 radical (unpaired) electrons. The van der Waals surface area contributed by atoms with E-state index in [4.69, 9.17) is 0 Å². The molecule has 0 saturated carbocycles. The van der Waals surface area contributed by atoms with E-state index in [0.29, 0.717) is 6.92 Å². The summed E-state index contributed by atoms with van der Waals surface area (Å²) in [5, 5.41) is 0. The summed E-state index contributed by atoms with van der Waals surface area (Å²) < 4.78 is 265. The van der Waals surface area contributed by atoms with Gasteiger partial charge in [-0.2, -0.15) is 79.0 Å². The van der Waals surface area contributed by atoms with Crippen molar-refractivity contribution in [3.63, 3.8) is 0 Å². The third-order valence-electron chi connectivity index (χ3n) is 3.99. The van der Waals surface area contributed by atoms with Crippen LogP contribution in [0, 0.1) is 0 Å². The van der Waals surface area contributed by atoms with E-state index >= 15 is 0 Å². The van der Waals surface area contributed by atoms with Crippen LogP contribution < -0.4 is 0 Å². The molecule has 36 heavy (non-hydrogen) atoms. The Labute approximate surface area is 183 Å². The van der Waals surface area contributed by atoms with Crippen molar-refractivity contribution in [2.45, 2.75) is 66.8 Å². The van der Waals surface area contributed by atoms with E-state index in [1.807, 2.05) is 0 Å². The maximum absolute atomic E-state index is 13.5. The Balaban J connectivity index is 6.98. The van der Waals surface area contributed by atoms with E-state index in [-0.39, 0.29) is 0 Å². The zero-order valence-corrected chi connectivity index (χ0v) is 16.2. The molecule has 0 heterocycles. The van der Waals surface area contributed by atoms with E-state index in [0.717, 1.165) is 0 Å². The SMILES string of the molecule is C=C(C)C(=O)OC(F)(F)C(F)(F)C(F)(F)C(F)(F)C(F)(F)C(F)(F)C(F)(F)C(F)(F)C(F)(F)C(F)F. The molecule has 0 aliphatic carbocycles. The standard InChI is InChI=1S/C14H6F20O2/c1-3(2)4(35)36-14(33,34)13(31,32)12(29,30)11(27,28)10(25,26)9(23,24)8(21,22)7(19,20)6(17,18)5(15)16/h5H,1H2,2H3. The fraction of sp³-hybridized carbons (Fsp3) is 0.786. The first-order chi connectivity index (χ1) is 15.3. The molecule has 0 amide bonds. The normalized spacial score (nSPS) is 15.8. The van der Waals surface area contributed by atoms with Gasteiger partial charge in [-0.15, -0.1) is 0 Å². The number of halogens is 20. The summed E-state index contributed by atoms with van der Waals surface area (Å²) in [5.74, 6) is -72.2. The number of ether oxygens (including phenoxy) is 1. The minimum Gasteiger partial charge on any atom is -0.393 e. The summed E-state index contributed by atoms with van der Waals surface area (Å²) in [6.45, 7) is 2.72. The van der Waals surface area contributed by atoms with Crippen molar-refractivity contribution in [3.05, 3.63) is 12.2 Å². The van der Waals surface area contributed by atoms with Crippen molar-refractivity contribution in [1.82, 2.24) is 0 Å². The molecule has 2 nitrogen and oxygen atoms in total. The summed E-state index contributed by atoms with van der Waals surface area (Å²) in [6, 6.07) is 0. The number of alkyl halides is 20. The average molecular weight is 586 g/mol. The summed E-state index contributed by atoms with van der Waals surface area (Å²) in [4.78, 5) is 10.8. The Kier molecular flexibility index (Phi) is 8.16. The van der Waals surface area contributed by atoms with Gasteiger partial charge in [-0.1, -0.05) is 6.58 Å². The quantitative estimate of drug-likeness (QED) is 0.148. The number of carbonyl (C=O) groups is 1. The molecule has 0 bridgehead atoms. The fourth-order valence-corrected chi connectivity index (χ4v) is 1.78. The van der Waals surface area contributed by atoms with Gasteiger partial charge < -0.3 is 4.74 Å². The Morgan fingerprint density at radius 1 is 0.556 bits per heavy atom. The second kappa shape index (κ2) is 8.69. The highest BCUT2D eigenvalue weighted by Crippen LogP contribution is 2.65. The van der Waals surface area contributed by atoms with Crippen molar-refractivity contribution in [2.75, 3.05) is 0 Å². The van der Waals surface area contributed by atoms with Crippen LogP contribution in [0.4, 0.5) is 87.8 Å². The van der Waals surface area contributed by atoms with Gasteiger partial charge in [0.25, 0.3) is 0 Å². The molecule has 0 aromatic carbocycles. The van der Waals surface area contributed by atoms with Crippen molar-refractivity contribution < 1.29 is 97.3 Å². The third kappa shape index (κ3) is 4.20. The Morgan fingerprint density at radius 3 is 1.06 bits per heavy atom. The van der Waals surface area contributed by atoms with Crippen molar-refractivity contribution in [2.24, 2.45) is 0 Å². The highest BCUT2D eigenvalue weighted by molar-refractivity contribution is 5.87. The largest absolute Gasteiger partial charge is 0.473 e. The molecular weight excluding hydrogens is 580 g/mol. The fourth-order valence-electron chi connectivity index (χ4n) is 1.78. The van der Waals surface area contributed by atoms with E-state index in [2.05, 4.69) is 11.3 Å². The predicted molar refractivity (Wildman–Crippen MR) is 71.4 cm³/mol. The molecular formula is C14H6F20O2. The lowest BCUT2D eigenvalue weighted by Crippen LogP contribution is -2.76. The zero-order chi connectivity index (χ0) is 29.9. The monoisotopic (exact) mass is 586 g/mol. The van der Waals surface area contributed by atoms with E-state index in [9.17, 15) is 92.6 Å². The molecule has 0 fully saturated rings. The van der Waals surface area contributed by atoms with Crippen LogP contribution in [-0.2, 0) is 9.53 Å². The number of carbonyl (C=O) groups excluding carboxylic acids is 1. The average Bonchev–Trinajstić information content (AvgIpc) is 2.65. The van der Waals surface area contributed by atoms with Crippen LogP contribution in [0.2, 0.25) is 0 Å². The van der Waals surface area contributed by atoms with Crippen LogP contribution in [0.1, 0.15) is 6.92 Å². The number of hydrogen-bond donors (Lipinski definition) is 0. The van der Waals surface area contributed by atoms with Gasteiger partial charge >= 0.3 is 65.9 Å². The Hall–Kier alpha value is -2.19. The summed E-state index contributed by atoms with van der Waals surface area (Å²) in [6.07, 6.45) is -13.5. The van der Waals surface area contributed by atoms with Crippen LogP contribution in [0.25, 0.3) is 0 Å². The van der Waals surface area contributed by atoms with E-state index in [1.165, 1.54) is 0 Å². The summed E-state index contributed by atoms with van der Waals surface area (Å²) in [7, 11) is 0. The van der Waals surface area contributed by atoms with E-state index < -0.39 is 71.5 Å². The summed E-state index contributed by atoms with van der Waals surface area (Å²) in [5.41, 5.74) is -1.39. The van der Waals surface area contributed by atoms with Crippen LogP contribution in [-0.4, -0.2) is 65.9 Å². The maximum Gasteiger partial charge on any atom is 0.473 e. The third-order valence-corrected chi connectivity index (χ3v) is 3.99. The van der Waals surface area contributed by atoms with Gasteiger partial charge in [0, 0.05) is 5.57 Å². The number of esters is 1. The maximum atomic E-state index is 13.5. The van der Waals surface area contributed by atoms with Gasteiger partial charge in [0.1, 0.15) is 0 Å². The van der Waals surface area contributed by atoms with Gasteiger partial charge in [-0.05, 0) is 6.92 Å². The topological polar surface area (TPSA) is 26.3 Å². The summed E-state index contributed by atoms with van der Waals surface area (Å²) >= 11 is 0. The molecule has 0 spiro atoms. The van der Waals surface area contributed by atoms with Crippen LogP contribution in [0.3, 0.4) is 0 Å². The molecule has 214 valence electrons. The second-order valence-electron chi connectivity index (χ2n) is 6.63. The van der Waals surface area contributed by atoms with Gasteiger partial charge in [-0.25, -0.2) is 13.6 Å². The highest BCUT2D eigenvalue weighted by atomic mass is 19.4. The van der Waals surface area contributed by atoms with Crippen molar-refractivity contribution in [1.29, 1.82) is 0 Å². The Morgan fingerprint density at radius 2 is 0.806 bits per heavy atom. The first-order valence-corrected chi connectivity index (χ1v) is 7.84. The molecule has 0 aliphatic heterocycles. The lowest BCUT2D eigenvalue weighted by molar-refractivity contribution is -0.476. The second-order valence-corrected chi connectivity index (χ2v) is 6.63. The molecule has 0 saturated heterocycles. The van der Waals surface area contributed by atoms with Crippen molar-refractivity contribution in [3.8, 4) is 0 Å². The minimum atomic E-state index is -9.12. The molecule has 22 heteroatoms. The highest BCUT2D eigenvalue weighted by Gasteiger charge is 2.97. The molecule has 0 rings (SSSR count). The Bertz CT molecular complexity index is 856. The van der Waals surface area contributed by atoms with Gasteiger partial charge in [0.15, 0.2) is 0 Å². The number of rotatable bonds is 11. The molecule has 0 aromatic rings. The van der Waals surface area contributed by atoms with Crippen LogP contribution >= 0.6 is 0 Å². The van der Waals surface area contributed by atoms with Gasteiger partial charge in [-0.3, -0.25) is 0 Å². The lowest BCUT2D eigenvalue weighted by atomic mass is 9.87. The molecule has 0 aromatic heterocycles. The zero-order valence-electron chi connectivity index (χ0n) is 16.2. The smallest absolute Gasteiger partial charge is 0.393 e. The number of hydrogen-bond acceptors (Lipinski definition) is 2. The van der Waals surface area contributed by atoms with Crippen molar-refractivity contribution >= 4 is 5.97 Å². The molecule has 0 atom stereocenters. The molecule has 0 aliphatic rings. The van der Waals surface area contributed by atoms with Crippen LogP contribution in [0.5, 0.6) is 0 Å². The molecule has 0 N–H and O–H groups in total. The van der Waals surface area contributed by atoms with Gasteiger partial charge in [0.2, 0.25) is 0 Å². The van der Waals surface area contributed by atoms with Gasteiger partial charge in [0.05, 0.1) is 0 Å². The molecule has 0 unspecified atom stereocenters. The van der Waals surface area contributed by atoms with E-state index in [1.54, 1.807) is 0 Å². The first kappa shape index (κ1) is 33.8. The first-order valence-electron chi connectivity index (χ1n) is 7.84. The minimum absolute atomic E-state index is 0.315. The lowest BCUT2D eigenvalue weighted by Gasteiger charge is -2.44. The predicted octanol–water partition coefficient (Wildman–Crippen LogP) is 7.05. The van der Waals surface area contributed by atoms with Crippen LogP contribution in [0.15, 0.2) is 12.2 Å².